The maximum absolute atomic E-state index is 10.9. The normalized spacial score (nSPS) is 12.7. The SMILES string of the molecule is COC(=O)C(Cl)N=Nc1ccc(Cl)cc1. The fourth-order valence-electron chi connectivity index (χ4n) is 0.770. The van der Waals surface area contributed by atoms with E-state index in [1.165, 1.54) is 7.11 Å². The molecule has 0 spiro atoms. The van der Waals surface area contributed by atoms with Crippen LogP contribution >= 0.6 is 23.2 Å². The van der Waals surface area contributed by atoms with Crippen LogP contribution in [0.1, 0.15) is 0 Å². The van der Waals surface area contributed by atoms with E-state index >= 15 is 0 Å². The summed E-state index contributed by atoms with van der Waals surface area (Å²) in [5.41, 5.74) is -0.556. The molecule has 0 fully saturated rings. The minimum atomic E-state index is -1.12. The largest absolute Gasteiger partial charge is 0.466 e. The van der Waals surface area contributed by atoms with Gasteiger partial charge in [0.1, 0.15) is 0 Å². The van der Waals surface area contributed by atoms with E-state index in [4.69, 9.17) is 23.2 Å². The third-order valence-corrected chi connectivity index (χ3v) is 2.01. The van der Waals surface area contributed by atoms with Gasteiger partial charge in [-0.2, -0.15) is 10.2 Å². The second kappa shape index (κ2) is 5.68. The predicted molar refractivity (Wildman–Crippen MR) is 57.6 cm³/mol. The average Bonchev–Trinajstić information content (AvgIpc) is 2.26. The molecule has 1 unspecified atom stereocenters. The summed E-state index contributed by atoms with van der Waals surface area (Å²) < 4.78 is 4.37. The molecule has 0 radical (unpaired) electrons. The molecule has 6 heteroatoms. The van der Waals surface area contributed by atoms with Crippen LogP contribution in [-0.2, 0) is 9.53 Å². The number of azo groups is 1. The topological polar surface area (TPSA) is 51.0 Å². The van der Waals surface area contributed by atoms with Crippen molar-refractivity contribution in [2.75, 3.05) is 7.11 Å². The van der Waals surface area contributed by atoms with Gasteiger partial charge < -0.3 is 4.74 Å². The van der Waals surface area contributed by atoms with Gasteiger partial charge in [0, 0.05) is 5.02 Å². The van der Waals surface area contributed by atoms with E-state index in [9.17, 15) is 4.79 Å². The Morgan fingerprint density at radius 1 is 1.40 bits per heavy atom. The highest BCUT2D eigenvalue weighted by Gasteiger charge is 2.13. The van der Waals surface area contributed by atoms with Gasteiger partial charge >= 0.3 is 5.97 Å². The lowest BCUT2D eigenvalue weighted by molar-refractivity contribution is -0.140. The van der Waals surface area contributed by atoms with Gasteiger partial charge in [0.25, 0.3) is 0 Å². The third kappa shape index (κ3) is 3.85. The van der Waals surface area contributed by atoms with Crippen LogP contribution in [0, 0.1) is 0 Å². The van der Waals surface area contributed by atoms with Gasteiger partial charge in [0.15, 0.2) is 0 Å². The molecule has 0 heterocycles. The van der Waals surface area contributed by atoms with Crippen molar-refractivity contribution < 1.29 is 9.53 Å². The van der Waals surface area contributed by atoms with Crippen LogP contribution in [0.5, 0.6) is 0 Å². The number of hydrogen-bond donors (Lipinski definition) is 0. The molecule has 1 aromatic rings. The van der Waals surface area contributed by atoms with Gasteiger partial charge in [-0.15, -0.1) is 0 Å². The number of nitrogens with zero attached hydrogens (tertiary/aromatic N) is 2. The molecule has 0 aliphatic carbocycles. The maximum atomic E-state index is 10.9. The van der Waals surface area contributed by atoms with Crippen molar-refractivity contribution in [3.8, 4) is 0 Å². The molecule has 15 heavy (non-hydrogen) atoms. The molecule has 0 N–H and O–H groups in total. The molecule has 80 valence electrons. The minimum absolute atomic E-state index is 0.564. The number of rotatable bonds is 3. The number of hydrogen-bond acceptors (Lipinski definition) is 4. The zero-order valence-electron chi connectivity index (χ0n) is 7.85. The Labute approximate surface area is 96.9 Å². The third-order valence-electron chi connectivity index (χ3n) is 1.50. The van der Waals surface area contributed by atoms with E-state index in [-0.39, 0.29) is 0 Å². The van der Waals surface area contributed by atoms with Crippen LogP contribution < -0.4 is 0 Å². The summed E-state index contributed by atoms with van der Waals surface area (Å²) in [6.45, 7) is 0. The summed E-state index contributed by atoms with van der Waals surface area (Å²) in [4.78, 5) is 10.9. The second-order valence-electron chi connectivity index (χ2n) is 2.55. The first-order valence-corrected chi connectivity index (χ1v) is 4.83. The molecular formula is C9H8Cl2N2O2. The Balaban J connectivity index is 2.65. The zero-order valence-corrected chi connectivity index (χ0v) is 9.37. The first-order valence-electron chi connectivity index (χ1n) is 4.02. The molecular weight excluding hydrogens is 239 g/mol. The van der Waals surface area contributed by atoms with Crippen molar-refractivity contribution in [2.24, 2.45) is 10.2 Å². The van der Waals surface area contributed by atoms with Crippen molar-refractivity contribution in [3.63, 3.8) is 0 Å². The Morgan fingerprint density at radius 2 is 2.00 bits per heavy atom. The van der Waals surface area contributed by atoms with E-state index in [1.807, 2.05) is 0 Å². The Hall–Kier alpha value is -1.13. The highest BCUT2D eigenvalue weighted by Crippen LogP contribution is 2.17. The van der Waals surface area contributed by atoms with Crippen LogP contribution in [0.4, 0.5) is 5.69 Å². The van der Waals surface area contributed by atoms with Crippen LogP contribution in [0.3, 0.4) is 0 Å². The highest BCUT2D eigenvalue weighted by atomic mass is 35.5. The molecule has 1 rings (SSSR count). The fraction of sp³-hybridized carbons (Fsp3) is 0.222. The summed E-state index contributed by atoms with van der Waals surface area (Å²) in [6.07, 6.45) is 0. The molecule has 0 aliphatic heterocycles. The van der Waals surface area contributed by atoms with Crippen LogP contribution in [-0.4, -0.2) is 18.6 Å². The first kappa shape index (κ1) is 11.9. The molecule has 0 amide bonds. The number of alkyl halides is 1. The van der Waals surface area contributed by atoms with Gasteiger partial charge in [-0.25, -0.2) is 4.79 Å². The van der Waals surface area contributed by atoms with Crippen molar-refractivity contribution in [3.05, 3.63) is 29.3 Å². The number of carbonyl (C=O) groups excluding carboxylic acids is 1. The van der Waals surface area contributed by atoms with Gasteiger partial charge in [-0.3, -0.25) is 0 Å². The Morgan fingerprint density at radius 3 is 2.53 bits per heavy atom. The van der Waals surface area contributed by atoms with E-state index < -0.39 is 11.5 Å². The standard InChI is InChI=1S/C9H8Cl2N2O2/c1-15-9(14)8(11)13-12-7-4-2-6(10)3-5-7/h2-5,8H,1H3. The monoisotopic (exact) mass is 246 g/mol. The van der Waals surface area contributed by atoms with Gasteiger partial charge in [0.2, 0.25) is 5.50 Å². The van der Waals surface area contributed by atoms with Gasteiger partial charge in [-0.1, -0.05) is 23.2 Å². The van der Waals surface area contributed by atoms with Crippen molar-refractivity contribution in [1.82, 2.24) is 0 Å². The van der Waals surface area contributed by atoms with Crippen molar-refractivity contribution >= 4 is 34.9 Å². The number of methoxy groups -OCH3 is 1. The summed E-state index contributed by atoms with van der Waals surface area (Å²) in [5, 5.41) is 7.92. The lowest BCUT2D eigenvalue weighted by Crippen LogP contribution is -2.12. The number of benzene rings is 1. The van der Waals surface area contributed by atoms with Crippen molar-refractivity contribution in [2.45, 2.75) is 5.50 Å². The summed E-state index contributed by atoms with van der Waals surface area (Å²) in [6, 6.07) is 6.65. The van der Waals surface area contributed by atoms with Crippen molar-refractivity contribution in [1.29, 1.82) is 0 Å². The van der Waals surface area contributed by atoms with Crippen LogP contribution in [0.15, 0.2) is 34.5 Å². The first-order chi connectivity index (χ1) is 7.13. The summed E-state index contributed by atoms with van der Waals surface area (Å²) in [7, 11) is 1.23. The quantitative estimate of drug-likeness (QED) is 0.356. The molecule has 0 saturated heterocycles. The summed E-state index contributed by atoms with van der Waals surface area (Å²) >= 11 is 11.2. The number of ether oxygens (including phenoxy) is 1. The lowest BCUT2D eigenvalue weighted by atomic mass is 10.3. The fourth-order valence-corrected chi connectivity index (χ4v) is 1.03. The maximum Gasteiger partial charge on any atom is 0.348 e. The number of halogens is 2. The highest BCUT2D eigenvalue weighted by molar-refractivity contribution is 6.30. The molecule has 0 aromatic heterocycles. The van der Waals surface area contributed by atoms with E-state index in [1.54, 1.807) is 24.3 Å². The molecule has 0 aliphatic rings. The molecule has 1 aromatic carbocycles. The molecule has 1 atom stereocenters. The minimum Gasteiger partial charge on any atom is -0.466 e. The Bertz CT molecular complexity index is 365. The van der Waals surface area contributed by atoms with Gasteiger partial charge in [0.05, 0.1) is 12.8 Å². The zero-order chi connectivity index (χ0) is 11.3. The van der Waals surface area contributed by atoms with Gasteiger partial charge in [-0.05, 0) is 24.3 Å². The van der Waals surface area contributed by atoms with E-state index in [2.05, 4.69) is 15.0 Å². The number of carbonyl (C=O) groups is 1. The van der Waals surface area contributed by atoms with E-state index in [0.717, 1.165) is 0 Å². The smallest absolute Gasteiger partial charge is 0.348 e. The molecule has 0 bridgehead atoms. The average molecular weight is 247 g/mol. The summed E-state index contributed by atoms with van der Waals surface area (Å²) in [5.74, 6) is -0.644. The number of esters is 1. The predicted octanol–water partition coefficient (Wildman–Crippen LogP) is 3.16. The second-order valence-corrected chi connectivity index (χ2v) is 3.40. The Kier molecular flexibility index (Phi) is 4.52. The molecule has 0 saturated carbocycles. The van der Waals surface area contributed by atoms with Crippen LogP contribution in [0.2, 0.25) is 5.02 Å². The lowest BCUT2D eigenvalue weighted by Gasteiger charge is -1.99. The molecule has 4 nitrogen and oxygen atoms in total. The van der Waals surface area contributed by atoms with E-state index in [0.29, 0.717) is 10.7 Å². The van der Waals surface area contributed by atoms with Crippen LogP contribution in [0.25, 0.3) is 0 Å².